The Labute approximate surface area is 227 Å². The Hall–Kier alpha value is -3.83. The van der Waals surface area contributed by atoms with Gasteiger partial charge in [-0.3, -0.25) is 18.8 Å². The number of hydrogen-bond acceptors (Lipinski definition) is 8. The number of anilines is 1. The van der Waals surface area contributed by atoms with Crippen molar-refractivity contribution in [2.45, 2.75) is 59.2 Å². The SMILES string of the molecule is CCCCn1c(=O)c2c(nc(Cc3ccnnc3)n2CCN(CC)CCO)n(CCc2cccc(N)c2)c1=O. The van der Waals surface area contributed by atoms with Gasteiger partial charge in [0.25, 0.3) is 5.56 Å². The summed E-state index contributed by atoms with van der Waals surface area (Å²) >= 11 is 0. The smallest absolute Gasteiger partial charge is 0.332 e. The van der Waals surface area contributed by atoms with Crippen LogP contribution < -0.4 is 17.0 Å². The molecule has 0 saturated carbocycles. The van der Waals surface area contributed by atoms with Crippen LogP contribution in [0.1, 0.15) is 43.6 Å². The maximum Gasteiger partial charge on any atom is 0.332 e. The van der Waals surface area contributed by atoms with Crippen molar-refractivity contribution in [2.75, 3.05) is 32.0 Å². The molecule has 0 aliphatic carbocycles. The van der Waals surface area contributed by atoms with Crippen molar-refractivity contribution >= 4 is 16.9 Å². The van der Waals surface area contributed by atoms with E-state index in [1.807, 2.05) is 48.7 Å². The molecule has 0 spiro atoms. The number of aryl methyl sites for hydroxylation is 2. The lowest BCUT2D eigenvalue weighted by Gasteiger charge is -2.20. The van der Waals surface area contributed by atoms with E-state index in [-0.39, 0.29) is 17.9 Å². The molecule has 0 unspecified atom stereocenters. The minimum absolute atomic E-state index is 0.0570. The number of fused-ring (bicyclic) bond motifs is 1. The summed E-state index contributed by atoms with van der Waals surface area (Å²) in [5.41, 5.74) is 8.71. The van der Waals surface area contributed by atoms with Crippen molar-refractivity contribution < 1.29 is 5.11 Å². The minimum atomic E-state index is -0.345. The molecule has 0 fully saturated rings. The van der Waals surface area contributed by atoms with Gasteiger partial charge in [-0.1, -0.05) is 32.4 Å². The van der Waals surface area contributed by atoms with E-state index in [1.165, 1.54) is 4.57 Å². The van der Waals surface area contributed by atoms with E-state index in [4.69, 9.17) is 10.7 Å². The topological polar surface area (TPSA) is 137 Å². The van der Waals surface area contributed by atoms with Crippen molar-refractivity contribution in [2.24, 2.45) is 0 Å². The quantitative estimate of drug-likeness (QED) is 0.233. The first-order chi connectivity index (χ1) is 19.0. The van der Waals surface area contributed by atoms with E-state index in [1.54, 1.807) is 17.0 Å². The molecule has 3 heterocycles. The molecular weight excluding hydrogens is 496 g/mol. The van der Waals surface area contributed by atoms with Crippen molar-refractivity contribution in [3.63, 3.8) is 0 Å². The lowest BCUT2D eigenvalue weighted by Crippen LogP contribution is -2.41. The molecule has 0 atom stereocenters. The number of aliphatic hydroxyl groups is 1. The van der Waals surface area contributed by atoms with Crippen LogP contribution in [-0.2, 0) is 32.5 Å². The monoisotopic (exact) mass is 534 g/mol. The molecule has 11 nitrogen and oxygen atoms in total. The molecule has 39 heavy (non-hydrogen) atoms. The Morgan fingerprint density at radius 2 is 1.82 bits per heavy atom. The summed E-state index contributed by atoms with van der Waals surface area (Å²) in [5, 5.41) is 17.3. The molecule has 3 N–H and O–H groups in total. The summed E-state index contributed by atoms with van der Waals surface area (Å²) in [7, 11) is 0. The molecule has 208 valence electrons. The third kappa shape index (κ3) is 6.61. The Bertz CT molecular complexity index is 1490. The number of imidazole rings is 1. The van der Waals surface area contributed by atoms with Crippen molar-refractivity contribution in [1.29, 1.82) is 0 Å². The van der Waals surface area contributed by atoms with Gasteiger partial charge in [0.2, 0.25) is 0 Å². The molecule has 11 heteroatoms. The first-order valence-electron chi connectivity index (χ1n) is 13.6. The molecule has 0 radical (unpaired) electrons. The van der Waals surface area contributed by atoms with E-state index < -0.39 is 0 Å². The van der Waals surface area contributed by atoms with Crippen LogP contribution in [0, 0.1) is 0 Å². The fourth-order valence-electron chi connectivity index (χ4n) is 4.83. The predicted octanol–water partition coefficient (Wildman–Crippen LogP) is 1.68. The van der Waals surface area contributed by atoms with Gasteiger partial charge in [-0.25, -0.2) is 9.78 Å². The highest BCUT2D eigenvalue weighted by Gasteiger charge is 2.22. The highest BCUT2D eigenvalue weighted by atomic mass is 16.3. The summed E-state index contributed by atoms with van der Waals surface area (Å²) in [5.74, 6) is 0.681. The van der Waals surface area contributed by atoms with Gasteiger partial charge in [-0.2, -0.15) is 10.2 Å². The average Bonchev–Trinajstić information content (AvgIpc) is 3.29. The zero-order valence-corrected chi connectivity index (χ0v) is 22.8. The fourth-order valence-corrected chi connectivity index (χ4v) is 4.83. The third-order valence-corrected chi connectivity index (χ3v) is 7.01. The van der Waals surface area contributed by atoms with E-state index in [9.17, 15) is 14.7 Å². The van der Waals surface area contributed by atoms with E-state index in [2.05, 4.69) is 15.1 Å². The Morgan fingerprint density at radius 3 is 2.51 bits per heavy atom. The highest BCUT2D eigenvalue weighted by Crippen LogP contribution is 2.17. The minimum Gasteiger partial charge on any atom is -0.399 e. The summed E-state index contributed by atoms with van der Waals surface area (Å²) in [6.07, 6.45) is 5.90. The number of nitrogen functional groups attached to an aromatic ring is 1. The fraction of sp³-hybridized carbons (Fsp3) is 0.464. The second kappa shape index (κ2) is 13.3. The number of aromatic nitrogens is 6. The third-order valence-electron chi connectivity index (χ3n) is 7.01. The summed E-state index contributed by atoms with van der Waals surface area (Å²) in [6, 6.07) is 9.47. The number of nitrogens with two attached hydrogens (primary N) is 1. The number of rotatable bonds is 14. The van der Waals surface area contributed by atoms with Crippen LogP contribution in [0.2, 0.25) is 0 Å². The van der Waals surface area contributed by atoms with E-state index in [0.717, 1.165) is 30.5 Å². The average molecular weight is 535 g/mol. The number of unbranched alkanes of at least 4 members (excludes halogenated alkanes) is 1. The molecular formula is C28H38N8O3. The summed E-state index contributed by atoms with van der Waals surface area (Å²) in [6.45, 7) is 7.27. The van der Waals surface area contributed by atoms with Gasteiger partial charge in [0, 0.05) is 51.0 Å². The van der Waals surface area contributed by atoms with Gasteiger partial charge in [-0.15, -0.1) is 0 Å². The normalized spacial score (nSPS) is 11.6. The van der Waals surface area contributed by atoms with Gasteiger partial charge in [0.05, 0.1) is 12.8 Å². The van der Waals surface area contributed by atoms with E-state index in [0.29, 0.717) is 68.2 Å². The number of nitrogens with zero attached hydrogens (tertiary/aromatic N) is 7. The van der Waals surface area contributed by atoms with Crippen LogP contribution in [0.25, 0.3) is 11.2 Å². The largest absolute Gasteiger partial charge is 0.399 e. The van der Waals surface area contributed by atoms with Crippen LogP contribution in [0.15, 0.2) is 52.3 Å². The molecule has 0 aliphatic heterocycles. The van der Waals surface area contributed by atoms with Gasteiger partial charge < -0.3 is 15.4 Å². The zero-order valence-electron chi connectivity index (χ0n) is 22.8. The Morgan fingerprint density at radius 1 is 0.974 bits per heavy atom. The van der Waals surface area contributed by atoms with Crippen molar-refractivity contribution in [3.8, 4) is 0 Å². The molecule has 0 bridgehead atoms. The lowest BCUT2D eigenvalue weighted by molar-refractivity contribution is 0.197. The van der Waals surface area contributed by atoms with Crippen LogP contribution in [0.5, 0.6) is 0 Å². The second-order valence-electron chi connectivity index (χ2n) is 9.68. The predicted molar refractivity (Wildman–Crippen MR) is 152 cm³/mol. The molecule has 3 aromatic heterocycles. The molecule has 1 aromatic carbocycles. The molecule has 4 aromatic rings. The maximum absolute atomic E-state index is 13.8. The highest BCUT2D eigenvalue weighted by molar-refractivity contribution is 5.71. The van der Waals surface area contributed by atoms with Crippen molar-refractivity contribution in [3.05, 3.63) is 80.5 Å². The maximum atomic E-state index is 13.8. The molecule has 4 rings (SSSR count). The lowest BCUT2D eigenvalue weighted by atomic mass is 10.1. The second-order valence-corrected chi connectivity index (χ2v) is 9.68. The summed E-state index contributed by atoms with van der Waals surface area (Å²) < 4.78 is 4.93. The van der Waals surface area contributed by atoms with Crippen LogP contribution in [0.4, 0.5) is 5.69 Å². The van der Waals surface area contributed by atoms with Crippen LogP contribution in [-0.4, -0.2) is 65.1 Å². The Balaban J connectivity index is 1.86. The summed E-state index contributed by atoms with van der Waals surface area (Å²) in [4.78, 5) is 34.5. The molecule has 0 saturated heterocycles. The van der Waals surface area contributed by atoms with Gasteiger partial charge in [0.1, 0.15) is 5.82 Å². The number of likely N-dealkylation sites (N-methyl/N-ethyl adjacent to an activating group) is 1. The number of benzene rings is 1. The van der Waals surface area contributed by atoms with E-state index >= 15 is 0 Å². The van der Waals surface area contributed by atoms with Crippen LogP contribution in [0.3, 0.4) is 0 Å². The van der Waals surface area contributed by atoms with Gasteiger partial charge in [-0.05, 0) is 48.7 Å². The van der Waals surface area contributed by atoms with Crippen LogP contribution >= 0.6 is 0 Å². The number of aliphatic hydroxyl groups excluding tert-OH is 1. The van der Waals surface area contributed by atoms with Gasteiger partial charge in [0.15, 0.2) is 11.2 Å². The van der Waals surface area contributed by atoms with Gasteiger partial charge >= 0.3 is 5.69 Å². The van der Waals surface area contributed by atoms with Crippen molar-refractivity contribution in [1.82, 2.24) is 33.8 Å². The molecule has 0 aliphatic rings. The standard InChI is InChI=1S/C28H38N8O3/c1-3-5-12-36-27(38)25-26(35(28(36)39)13-10-21-7-6-8-23(29)18-21)32-24(19-22-9-11-30-31-20-22)34(25)15-14-33(4-2)16-17-37/h6-9,11,18,20,37H,3-5,10,12-17,19,29H2,1-2H3. The zero-order chi connectivity index (χ0) is 27.8. The first kappa shape index (κ1) is 28.2. The Kier molecular flexibility index (Phi) is 9.61. The molecule has 0 amide bonds. The first-order valence-corrected chi connectivity index (χ1v) is 13.6. The number of hydrogen-bond donors (Lipinski definition) is 2.